The molecular weight excluding hydrogens is 314 g/mol. The second kappa shape index (κ2) is 7.66. The van der Waals surface area contributed by atoms with Crippen LogP contribution in [-0.2, 0) is 6.42 Å². The van der Waals surface area contributed by atoms with Crippen LogP contribution in [0.15, 0.2) is 65.3 Å². The van der Waals surface area contributed by atoms with Crippen LogP contribution in [0, 0.1) is 0 Å². The molecule has 0 unspecified atom stereocenters. The van der Waals surface area contributed by atoms with Gasteiger partial charge >= 0.3 is 0 Å². The Bertz CT molecular complexity index is 841. The highest BCUT2D eigenvalue weighted by molar-refractivity contribution is 5.95. The summed E-state index contributed by atoms with van der Waals surface area (Å²) in [5, 5.41) is 2.92. The Balaban J connectivity index is 1.55. The Morgan fingerprint density at radius 3 is 2.68 bits per heavy atom. The van der Waals surface area contributed by atoms with Gasteiger partial charge in [-0.3, -0.25) is 4.79 Å². The SMILES string of the molecule is CN(C)c1cccc(C(=O)NCCc2coc(-c3ccccc3)n2)c1. The molecule has 5 nitrogen and oxygen atoms in total. The lowest BCUT2D eigenvalue weighted by Crippen LogP contribution is -2.26. The van der Waals surface area contributed by atoms with Crippen molar-refractivity contribution in [1.82, 2.24) is 10.3 Å². The Hall–Kier alpha value is -3.08. The highest BCUT2D eigenvalue weighted by Gasteiger charge is 2.09. The lowest BCUT2D eigenvalue weighted by atomic mass is 10.2. The molecule has 1 heterocycles. The number of rotatable bonds is 6. The second-order valence-corrected chi connectivity index (χ2v) is 5.96. The van der Waals surface area contributed by atoms with Gasteiger partial charge in [0, 0.05) is 43.9 Å². The van der Waals surface area contributed by atoms with Gasteiger partial charge in [0.25, 0.3) is 5.91 Å². The van der Waals surface area contributed by atoms with Gasteiger partial charge in [0.1, 0.15) is 6.26 Å². The molecule has 0 saturated carbocycles. The monoisotopic (exact) mass is 335 g/mol. The van der Waals surface area contributed by atoms with Crippen LogP contribution >= 0.6 is 0 Å². The lowest BCUT2D eigenvalue weighted by molar-refractivity contribution is 0.0954. The first-order valence-corrected chi connectivity index (χ1v) is 8.19. The summed E-state index contributed by atoms with van der Waals surface area (Å²) in [6.45, 7) is 0.506. The van der Waals surface area contributed by atoms with Gasteiger partial charge in [-0.15, -0.1) is 0 Å². The minimum atomic E-state index is -0.0875. The van der Waals surface area contributed by atoms with E-state index in [1.54, 1.807) is 6.26 Å². The van der Waals surface area contributed by atoms with Gasteiger partial charge < -0.3 is 14.6 Å². The van der Waals surface area contributed by atoms with E-state index in [-0.39, 0.29) is 5.91 Å². The fourth-order valence-corrected chi connectivity index (χ4v) is 2.47. The van der Waals surface area contributed by atoms with Crippen molar-refractivity contribution in [1.29, 1.82) is 0 Å². The zero-order chi connectivity index (χ0) is 17.6. The zero-order valence-corrected chi connectivity index (χ0v) is 14.4. The van der Waals surface area contributed by atoms with Crippen LogP contribution in [-0.4, -0.2) is 31.5 Å². The van der Waals surface area contributed by atoms with Gasteiger partial charge in [-0.25, -0.2) is 4.98 Å². The first kappa shape index (κ1) is 16.8. The van der Waals surface area contributed by atoms with E-state index in [1.165, 1.54) is 0 Å². The molecule has 1 aromatic heterocycles. The van der Waals surface area contributed by atoms with Gasteiger partial charge in [0.2, 0.25) is 5.89 Å². The average molecular weight is 335 g/mol. The quantitative estimate of drug-likeness (QED) is 0.750. The lowest BCUT2D eigenvalue weighted by Gasteiger charge is -2.13. The maximum atomic E-state index is 12.3. The third-order valence-electron chi connectivity index (χ3n) is 3.86. The molecule has 128 valence electrons. The zero-order valence-electron chi connectivity index (χ0n) is 14.4. The molecule has 5 heteroatoms. The normalized spacial score (nSPS) is 10.5. The number of hydrogen-bond acceptors (Lipinski definition) is 4. The number of nitrogens with one attached hydrogen (secondary N) is 1. The molecular formula is C20H21N3O2. The first-order chi connectivity index (χ1) is 12.1. The second-order valence-electron chi connectivity index (χ2n) is 5.96. The third kappa shape index (κ3) is 4.26. The van der Waals surface area contributed by atoms with Crippen molar-refractivity contribution in [3.05, 3.63) is 72.1 Å². The molecule has 0 aliphatic heterocycles. The summed E-state index contributed by atoms with van der Waals surface area (Å²) >= 11 is 0. The molecule has 2 aromatic carbocycles. The van der Waals surface area contributed by atoms with E-state index < -0.39 is 0 Å². The number of carbonyl (C=O) groups is 1. The van der Waals surface area contributed by atoms with E-state index in [9.17, 15) is 4.79 Å². The number of nitrogens with zero attached hydrogens (tertiary/aromatic N) is 2. The highest BCUT2D eigenvalue weighted by atomic mass is 16.3. The van der Waals surface area contributed by atoms with Crippen molar-refractivity contribution in [3.63, 3.8) is 0 Å². The molecule has 0 fully saturated rings. The number of hydrogen-bond donors (Lipinski definition) is 1. The van der Waals surface area contributed by atoms with Gasteiger partial charge in [-0.2, -0.15) is 0 Å². The smallest absolute Gasteiger partial charge is 0.251 e. The molecule has 25 heavy (non-hydrogen) atoms. The van der Waals surface area contributed by atoms with Gasteiger partial charge in [-0.05, 0) is 30.3 Å². The van der Waals surface area contributed by atoms with E-state index in [0.29, 0.717) is 24.4 Å². The molecule has 0 atom stereocenters. The number of oxazole rings is 1. The summed E-state index contributed by atoms with van der Waals surface area (Å²) in [7, 11) is 3.90. The first-order valence-electron chi connectivity index (χ1n) is 8.19. The van der Waals surface area contributed by atoms with E-state index >= 15 is 0 Å². The Morgan fingerprint density at radius 2 is 1.92 bits per heavy atom. The molecule has 0 aliphatic rings. The minimum Gasteiger partial charge on any atom is -0.444 e. The van der Waals surface area contributed by atoms with Crippen molar-refractivity contribution in [2.24, 2.45) is 0 Å². The van der Waals surface area contributed by atoms with E-state index in [1.807, 2.05) is 73.6 Å². The van der Waals surface area contributed by atoms with Crippen LogP contribution in [0.2, 0.25) is 0 Å². The number of aromatic nitrogens is 1. The number of amides is 1. The maximum Gasteiger partial charge on any atom is 0.251 e. The molecule has 0 spiro atoms. The fraction of sp³-hybridized carbons (Fsp3) is 0.200. The van der Waals surface area contributed by atoms with Crippen LogP contribution in [0.1, 0.15) is 16.1 Å². The van der Waals surface area contributed by atoms with E-state index in [0.717, 1.165) is 16.9 Å². The standard InChI is InChI=1S/C20H21N3O2/c1-23(2)18-10-6-9-16(13-18)19(24)21-12-11-17-14-25-20(22-17)15-7-4-3-5-8-15/h3-10,13-14H,11-12H2,1-2H3,(H,21,24). The summed E-state index contributed by atoms with van der Waals surface area (Å²) in [4.78, 5) is 18.7. The predicted octanol–water partition coefficient (Wildman–Crippen LogP) is 3.38. The number of carbonyl (C=O) groups excluding carboxylic acids is 1. The van der Waals surface area contributed by atoms with Crippen molar-refractivity contribution in [3.8, 4) is 11.5 Å². The Kier molecular flexibility index (Phi) is 5.14. The minimum absolute atomic E-state index is 0.0875. The topological polar surface area (TPSA) is 58.4 Å². The molecule has 3 rings (SSSR count). The van der Waals surface area contributed by atoms with Crippen molar-refractivity contribution in [2.75, 3.05) is 25.5 Å². The number of benzene rings is 2. The van der Waals surface area contributed by atoms with Crippen molar-refractivity contribution < 1.29 is 9.21 Å². The van der Waals surface area contributed by atoms with Crippen LogP contribution in [0.4, 0.5) is 5.69 Å². The predicted molar refractivity (Wildman–Crippen MR) is 98.7 cm³/mol. The molecule has 0 aliphatic carbocycles. The summed E-state index contributed by atoms with van der Waals surface area (Å²) in [5.74, 6) is 0.510. The molecule has 3 aromatic rings. The summed E-state index contributed by atoms with van der Waals surface area (Å²) in [6.07, 6.45) is 2.26. The van der Waals surface area contributed by atoms with Crippen LogP contribution < -0.4 is 10.2 Å². The van der Waals surface area contributed by atoms with Crippen LogP contribution in [0.5, 0.6) is 0 Å². The molecule has 0 bridgehead atoms. The van der Waals surface area contributed by atoms with Gasteiger partial charge in [0.15, 0.2) is 0 Å². The van der Waals surface area contributed by atoms with Crippen molar-refractivity contribution in [2.45, 2.75) is 6.42 Å². The summed E-state index contributed by atoms with van der Waals surface area (Å²) in [5.41, 5.74) is 3.41. The van der Waals surface area contributed by atoms with Crippen molar-refractivity contribution >= 4 is 11.6 Å². The Morgan fingerprint density at radius 1 is 1.12 bits per heavy atom. The maximum absolute atomic E-state index is 12.3. The van der Waals surface area contributed by atoms with Crippen LogP contribution in [0.3, 0.4) is 0 Å². The molecule has 0 radical (unpaired) electrons. The molecule has 1 N–H and O–H groups in total. The van der Waals surface area contributed by atoms with Crippen LogP contribution in [0.25, 0.3) is 11.5 Å². The van der Waals surface area contributed by atoms with E-state index in [2.05, 4.69) is 10.3 Å². The highest BCUT2D eigenvalue weighted by Crippen LogP contribution is 2.18. The summed E-state index contributed by atoms with van der Waals surface area (Å²) < 4.78 is 5.51. The summed E-state index contributed by atoms with van der Waals surface area (Å²) in [6, 6.07) is 17.3. The van der Waals surface area contributed by atoms with Gasteiger partial charge in [0.05, 0.1) is 5.69 Å². The largest absolute Gasteiger partial charge is 0.444 e. The third-order valence-corrected chi connectivity index (χ3v) is 3.86. The molecule has 1 amide bonds. The molecule has 0 saturated heterocycles. The Labute approximate surface area is 147 Å². The average Bonchev–Trinajstić information content (AvgIpc) is 3.11. The fourth-order valence-electron chi connectivity index (χ4n) is 2.47. The van der Waals surface area contributed by atoms with Gasteiger partial charge in [-0.1, -0.05) is 24.3 Å². The number of anilines is 1. The van der Waals surface area contributed by atoms with E-state index in [4.69, 9.17) is 4.42 Å².